The molecule has 0 radical (unpaired) electrons. The molecule has 1 amide bonds. The molecule has 0 spiro atoms. The zero-order chi connectivity index (χ0) is 29.0. The predicted molar refractivity (Wildman–Crippen MR) is 156 cm³/mol. The number of methoxy groups -OCH3 is 1. The summed E-state index contributed by atoms with van der Waals surface area (Å²) in [5.41, 5.74) is 1.74. The number of thiazole rings is 1. The monoisotopic (exact) mass is 555 g/mol. The molecule has 0 saturated heterocycles. The third-order valence-electron chi connectivity index (χ3n) is 6.08. The summed E-state index contributed by atoms with van der Waals surface area (Å²) < 4.78 is 6.82. The maximum Gasteiger partial charge on any atom is 0.293 e. The molecule has 1 heterocycles. The summed E-state index contributed by atoms with van der Waals surface area (Å²) >= 11 is 0.949. The van der Waals surface area contributed by atoms with Gasteiger partial charge in [-0.05, 0) is 60.5 Å². The number of carbonyl (C=O) groups excluding carboxylic acids is 1. The van der Waals surface area contributed by atoms with Crippen LogP contribution in [-0.4, -0.2) is 36.6 Å². The maximum atomic E-state index is 13.7. The second-order valence-electron chi connectivity index (χ2n) is 8.91. The highest BCUT2D eigenvalue weighted by molar-refractivity contribution is 7.07. The summed E-state index contributed by atoms with van der Waals surface area (Å²) in [5.74, 6) is -0.103. The number of carbonyl (C=O) groups is 1. The number of nitro groups is 1. The van der Waals surface area contributed by atoms with Crippen LogP contribution in [0.15, 0.2) is 71.5 Å². The van der Waals surface area contributed by atoms with Crippen LogP contribution in [0.5, 0.6) is 5.75 Å². The minimum atomic E-state index is -0.669. The Morgan fingerprint density at radius 2 is 1.85 bits per heavy atom. The number of benzene rings is 3. The van der Waals surface area contributed by atoms with E-state index in [1.54, 1.807) is 67.5 Å². The molecule has 0 atom stereocenters. The van der Waals surface area contributed by atoms with Crippen LogP contribution in [0, 0.1) is 28.4 Å². The van der Waals surface area contributed by atoms with Gasteiger partial charge in [0.25, 0.3) is 17.2 Å². The van der Waals surface area contributed by atoms with E-state index in [0.717, 1.165) is 16.9 Å². The molecule has 10 nitrogen and oxygen atoms in total. The van der Waals surface area contributed by atoms with Crippen LogP contribution in [0.4, 0.5) is 17.1 Å². The Kier molecular flexibility index (Phi) is 8.12. The minimum absolute atomic E-state index is 0.118. The van der Waals surface area contributed by atoms with E-state index >= 15 is 0 Å². The van der Waals surface area contributed by atoms with Gasteiger partial charge >= 0.3 is 0 Å². The average Bonchev–Trinajstić information content (AvgIpc) is 3.25. The van der Waals surface area contributed by atoms with E-state index in [1.165, 1.54) is 23.8 Å². The number of nitrogens with zero attached hydrogens (tertiary/aromatic N) is 4. The van der Waals surface area contributed by atoms with Crippen molar-refractivity contribution in [2.45, 2.75) is 6.92 Å². The number of amides is 1. The molecule has 1 N–H and O–H groups in total. The highest BCUT2D eigenvalue weighted by Crippen LogP contribution is 2.28. The first-order chi connectivity index (χ1) is 19.1. The summed E-state index contributed by atoms with van der Waals surface area (Å²) in [4.78, 5) is 39.8. The quantitative estimate of drug-likeness (QED) is 0.273. The fourth-order valence-electron chi connectivity index (χ4n) is 4.02. The Morgan fingerprint density at radius 1 is 1.15 bits per heavy atom. The number of aryl methyl sites for hydroxylation is 1. The molecule has 3 aromatic carbocycles. The SMILES string of the molecule is COc1ccc(-n2c(=O)/c(=C\c3ccc(N(C)C)c([N+](=O)[O-])c3)s/c2=C(/C#N)C(=O)Nc2ccccc2C)cc1. The lowest BCUT2D eigenvalue weighted by atomic mass is 10.1. The first-order valence-corrected chi connectivity index (χ1v) is 12.8. The highest BCUT2D eigenvalue weighted by Gasteiger charge is 2.19. The van der Waals surface area contributed by atoms with E-state index in [0.29, 0.717) is 28.4 Å². The fraction of sp³-hybridized carbons (Fsp3) is 0.138. The van der Waals surface area contributed by atoms with Crippen LogP contribution in [0.1, 0.15) is 11.1 Å². The van der Waals surface area contributed by atoms with Crippen molar-refractivity contribution in [3.8, 4) is 17.5 Å². The van der Waals surface area contributed by atoms with Gasteiger partial charge in [-0.2, -0.15) is 5.26 Å². The van der Waals surface area contributed by atoms with E-state index in [4.69, 9.17) is 4.74 Å². The van der Waals surface area contributed by atoms with Gasteiger partial charge in [-0.15, -0.1) is 11.3 Å². The Balaban J connectivity index is 1.98. The summed E-state index contributed by atoms with van der Waals surface area (Å²) in [6, 6.07) is 20.4. The Labute approximate surface area is 233 Å². The number of hydrogen-bond acceptors (Lipinski definition) is 8. The molecule has 4 rings (SSSR count). The summed E-state index contributed by atoms with van der Waals surface area (Å²) in [5, 5.41) is 24.5. The first-order valence-electron chi connectivity index (χ1n) is 12.0. The van der Waals surface area contributed by atoms with Crippen LogP contribution in [0.2, 0.25) is 0 Å². The molecule has 0 unspecified atom stereocenters. The number of ether oxygens (including phenoxy) is 1. The van der Waals surface area contributed by atoms with E-state index in [2.05, 4.69) is 5.32 Å². The normalized spacial score (nSPS) is 11.9. The molecule has 0 aliphatic carbocycles. The van der Waals surface area contributed by atoms with Gasteiger partial charge in [0.15, 0.2) is 5.57 Å². The van der Waals surface area contributed by atoms with Gasteiger partial charge < -0.3 is 15.0 Å². The number of aromatic nitrogens is 1. The largest absolute Gasteiger partial charge is 0.497 e. The lowest BCUT2D eigenvalue weighted by Crippen LogP contribution is -2.32. The van der Waals surface area contributed by atoms with Crippen LogP contribution >= 0.6 is 11.3 Å². The van der Waals surface area contributed by atoms with Crippen LogP contribution in [0.3, 0.4) is 0 Å². The maximum absolute atomic E-state index is 13.7. The summed E-state index contributed by atoms with van der Waals surface area (Å²) in [6.07, 6.45) is 1.51. The summed E-state index contributed by atoms with van der Waals surface area (Å²) in [6.45, 7) is 1.83. The second-order valence-corrected chi connectivity index (χ2v) is 9.94. The van der Waals surface area contributed by atoms with E-state index < -0.39 is 16.4 Å². The van der Waals surface area contributed by atoms with Gasteiger partial charge in [0, 0.05) is 25.8 Å². The molecule has 0 fully saturated rings. The molecule has 40 heavy (non-hydrogen) atoms. The molecule has 11 heteroatoms. The molecule has 0 aliphatic rings. The number of nitro benzene ring substituents is 1. The lowest BCUT2D eigenvalue weighted by Gasteiger charge is -2.12. The van der Waals surface area contributed by atoms with Gasteiger partial charge in [-0.25, -0.2) is 0 Å². The van der Waals surface area contributed by atoms with Crippen molar-refractivity contribution in [3.63, 3.8) is 0 Å². The molecule has 0 saturated carbocycles. The standard InChI is InChI=1S/C29H25N5O5S/c1-18-7-5-6-8-23(18)31-27(35)22(17-30)29-33(20-10-12-21(39-4)13-11-20)28(36)26(40-29)16-19-9-14-24(32(2)3)25(15-19)34(37)38/h5-16H,1-4H3,(H,31,35)/b26-16+,29-22-. The van der Waals surface area contributed by atoms with Crippen molar-refractivity contribution in [2.24, 2.45) is 0 Å². The highest BCUT2D eigenvalue weighted by atomic mass is 32.1. The van der Waals surface area contributed by atoms with Crippen molar-refractivity contribution >= 4 is 46.0 Å². The van der Waals surface area contributed by atoms with Crippen molar-refractivity contribution in [2.75, 3.05) is 31.4 Å². The Hall–Kier alpha value is -5.21. The third-order valence-corrected chi connectivity index (χ3v) is 7.17. The molecule has 202 valence electrons. The number of para-hydroxylation sites is 1. The number of nitriles is 1. The zero-order valence-electron chi connectivity index (χ0n) is 22.2. The lowest BCUT2D eigenvalue weighted by molar-refractivity contribution is -0.384. The van der Waals surface area contributed by atoms with Crippen molar-refractivity contribution in [3.05, 3.63) is 108 Å². The number of rotatable bonds is 7. The van der Waals surface area contributed by atoms with E-state index in [-0.39, 0.29) is 20.5 Å². The van der Waals surface area contributed by atoms with E-state index in [9.17, 15) is 25.0 Å². The molecular formula is C29H25N5O5S. The molecule has 0 bridgehead atoms. The van der Waals surface area contributed by atoms with Gasteiger partial charge in [0.2, 0.25) is 0 Å². The Bertz CT molecular complexity index is 1830. The predicted octanol–water partition coefficient (Wildman–Crippen LogP) is 3.33. The second kappa shape index (κ2) is 11.7. The van der Waals surface area contributed by atoms with Crippen LogP contribution in [0.25, 0.3) is 17.3 Å². The van der Waals surface area contributed by atoms with Crippen LogP contribution < -0.4 is 29.7 Å². The Morgan fingerprint density at radius 3 is 2.45 bits per heavy atom. The molecule has 1 aromatic heterocycles. The van der Waals surface area contributed by atoms with Crippen LogP contribution in [-0.2, 0) is 4.79 Å². The van der Waals surface area contributed by atoms with Gasteiger partial charge in [0.05, 0.1) is 22.3 Å². The third kappa shape index (κ3) is 5.62. The number of hydrogen-bond donors (Lipinski definition) is 1. The minimum Gasteiger partial charge on any atom is -0.497 e. The van der Waals surface area contributed by atoms with Gasteiger partial charge in [0.1, 0.15) is 22.2 Å². The fourth-order valence-corrected chi connectivity index (χ4v) is 5.12. The van der Waals surface area contributed by atoms with Gasteiger partial charge in [-0.3, -0.25) is 24.3 Å². The molecule has 4 aromatic rings. The zero-order valence-corrected chi connectivity index (χ0v) is 23.0. The number of nitrogens with one attached hydrogen (secondary N) is 1. The van der Waals surface area contributed by atoms with E-state index in [1.807, 2.05) is 25.1 Å². The average molecular weight is 556 g/mol. The molecular weight excluding hydrogens is 530 g/mol. The van der Waals surface area contributed by atoms with Crippen molar-refractivity contribution in [1.29, 1.82) is 5.26 Å². The topological polar surface area (TPSA) is 130 Å². The number of anilines is 2. The van der Waals surface area contributed by atoms with Gasteiger partial charge in [-0.1, -0.05) is 24.3 Å². The smallest absolute Gasteiger partial charge is 0.293 e. The van der Waals surface area contributed by atoms with Crippen molar-refractivity contribution in [1.82, 2.24) is 4.57 Å². The first kappa shape index (κ1) is 27.8. The molecule has 0 aliphatic heterocycles. The summed E-state index contributed by atoms with van der Waals surface area (Å²) in [7, 11) is 4.92. The van der Waals surface area contributed by atoms with Crippen molar-refractivity contribution < 1.29 is 14.5 Å².